The summed E-state index contributed by atoms with van der Waals surface area (Å²) in [6.45, 7) is 3.45. The molecule has 1 unspecified atom stereocenters. The summed E-state index contributed by atoms with van der Waals surface area (Å²) < 4.78 is 0. The molecule has 0 bridgehead atoms. The zero-order valence-corrected chi connectivity index (χ0v) is 13.7. The third-order valence-electron chi connectivity index (χ3n) is 4.07. The number of unbranched alkanes of at least 4 members (excludes halogenated alkanes) is 6. The van der Waals surface area contributed by atoms with Crippen LogP contribution in [0.2, 0.25) is 0 Å². The Hall–Kier alpha value is -0.860. The van der Waals surface area contributed by atoms with Gasteiger partial charge in [-0.2, -0.15) is 0 Å². The van der Waals surface area contributed by atoms with Crippen LogP contribution in [0.4, 0.5) is 0 Å². The molecule has 0 spiro atoms. The van der Waals surface area contributed by atoms with Crippen LogP contribution in [0.25, 0.3) is 0 Å². The number of rotatable bonds is 13. The second-order valence-electron chi connectivity index (χ2n) is 5.99. The number of hydrogen-bond donors (Lipinski definition) is 2. The van der Waals surface area contributed by atoms with Crippen LogP contribution in [0.5, 0.6) is 0 Å². The number of aliphatic hydroxyl groups excluding tert-OH is 1. The molecule has 1 atom stereocenters. The molecule has 0 aliphatic rings. The fourth-order valence-electron chi connectivity index (χ4n) is 2.71. The molecular weight excluding hydrogens is 258 g/mol. The molecule has 21 heavy (non-hydrogen) atoms. The smallest absolute Gasteiger partial charge is 0.0445 e. The quantitative estimate of drug-likeness (QED) is 0.518. The highest BCUT2D eigenvalue weighted by Crippen LogP contribution is 2.11. The fourth-order valence-corrected chi connectivity index (χ4v) is 2.71. The molecule has 120 valence electrons. The molecule has 1 aromatic rings. The Morgan fingerprint density at radius 3 is 2.24 bits per heavy atom. The molecular formula is C19H33NO. The van der Waals surface area contributed by atoms with Crippen molar-refractivity contribution in [2.75, 3.05) is 6.61 Å². The molecule has 2 heteroatoms. The Kier molecular flexibility index (Phi) is 11.1. The van der Waals surface area contributed by atoms with E-state index in [1.807, 2.05) is 6.07 Å². The van der Waals surface area contributed by atoms with Gasteiger partial charge >= 0.3 is 0 Å². The number of nitrogens with one attached hydrogen (secondary N) is 1. The monoisotopic (exact) mass is 291 g/mol. The minimum absolute atomic E-state index is 0.281. The normalized spacial score (nSPS) is 12.5. The minimum Gasteiger partial charge on any atom is -0.396 e. The van der Waals surface area contributed by atoms with Crippen molar-refractivity contribution in [1.82, 2.24) is 5.32 Å². The predicted octanol–water partition coefficient (Wildman–Crippen LogP) is 4.67. The van der Waals surface area contributed by atoms with Gasteiger partial charge in [-0.25, -0.2) is 0 Å². The van der Waals surface area contributed by atoms with E-state index >= 15 is 0 Å². The van der Waals surface area contributed by atoms with Gasteiger partial charge in [-0.05, 0) is 18.4 Å². The summed E-state index contributed by atoms with van der Waals surface area (Å²) >= 11 is 0. The lowest BCUT2D eigenvalue weighted by Crippen LogP contribution is -2.29. The first-order valence-electron chi connectivity index (χ1n) is 8.75. The molecule has 0 radical (unpaired) electrons. The van der Waals surface area contributed by atoms with Crippen LogP contribution in [0.15, 0.2) is 30.3 Å². The van der Waals surface area contributed by atoms with Crippen molar-refractivity contribution < 1.29 is 5.11 Å². The van der Waals surface area contributed by atoms with Gasteiger partial charge in [0, 0.05) is 19.2 Å². The van der Waals surface area contributed by atoms with Gasteiger partial charge in [0.2, 0.25) is 0 Å². The lowest BCUT2D eigenvalue weighted by atomic mass is 10.0. The lowest BCUT2D eigenvalue weighted by molar-refractivity contribution is 0.258. The molecule has 0 saturated carbocycles. The van der Waals surface area contributed by atoms with Gasteiger partial charge in [0.25, 0.3) is 0 Å². The summed E-state index contributed by atoms with van der Waals surface area (Å²) in [5.74, 6) is 0. The molecule has 0 aliphatic heterocycles. The van der Waals surface area contributed by atoms with Gasteiger partial charge in [0.15, 0.2) is 0 Å². The molecule has 0 aliphatic carbocycles. The summed E-state index contributed by atoms with van der Waals surface area (Å²) in [7, 11) is 0. The van der Waals surface area contributed by atoms with Crippen molar-refractivity contribution >= 4 is 0 Å². The maximum absolute atomic E-state index is 9.19. The van der Waals surface area contributed by atoms with E-state index in [0.717, 1.165) is 13.0 Å². The topological polar surface area (TPSA) is 32.3 Å². The highest BCUT2D eigenvalue weighted by Gasteiger charge is 2.07. The Balaban J connectivity index is 2.12. The van der Waals surface area contributed by atoms with E-state index in [1.54, 1.807) is 0 Å². The van der Waals surface area contributed by atoms with Gasteiger partial charge in [-0.1, -0.05) is 82.2 Å². The summed E-state index contributed by atoms with van der Waals surface area (Å²) in [6.07, 6.45) is 11.5. The summed E-state index contributed by atoms with van der Waals surface area (Å²) in [4.78, 5) is 0. The van der Waals surface area contributed by atoms with Crippen LogP contribution in [-0.4, -0.2) is 17.8 Å². The third kappa shape index (κ3) is 9.65. The average molecular weight is 291 g/mol. The van der Waals surface area contributed by atoms with Gasteiger partial charge in [-0.15, -0.1) is 0 Å². The highest BCUT2D eigenvalue weighted by molar-refractivity contribution is 5.14. The molecule has 2 N–H and O–H groups in total. The molecule has 1 rings (SSSR count). The highest BCUT2D eigenvalue weighted by atomic mass is 16.3. The largest absolute Gasteiger partial charge is 0.396 e. The van der Waals surface area contributed by atoms with E-state index in [4.69, 9.17) is 0 Å². The average Bonchev–Trinajstić information content (AvgIpc) is 2.52. The maximum atomic E-state index is 9.19. The first-order valence-corrected chi connectivity index (χ1v) is 8.75. The Morgan fingerprint density at radius 1 is 0.905 bits per heavy atom. The molecule has 0 saturated heterocycles. The van der Waals surface area contributed by atoms with Crippen molar-refractivity contribution in [1.29, 1.82) is 0 Å². The SMILES string of the molecule is CCCCCCCCCC(CCO)NCc1ccccc1. The number of benzene rings is 1. The first-order chi connectivity index (χ1) is 10.4. The van der Waals surface area contributed by atoms with E-state index < -0.39 is 0 Å². The van der Waals surface area contributed by atoms with Gasteiger partial charge in [0.1, 0.15) is 0 Å². The molecule has 0 fully saturated rings. The van der Waals surface area contributed by atoms with E-state index in [0.29, 0.717) is 6.04 Å². The molecule has 2 nitrogen and oxygen atoms in total. The van der Waals surface area contributed by atoms with E-state index in [9.17, 15) is 5.11 Å². The van der Waals surface area contributed by atoms with Gasteiger partial charge < -0.3 is 10.4 Å². The Bertz CT molecular complexity index is 326. The third-order valence-corrected chi connectivity index (χ3v) is 4.07. The molecule has 1 aromatic carbocycles. The van der Waals surface area contributed by atoms with Crippen LogP contribution in [0.3, 0.4) is 0 Å². The second kappa shape index (κ2) is 12.8. The Labute approximate surface area is 131 Å². The summed E-state index contributed by atoms with van der Waals surface area (Å²) in [5.41, 5.74) is 1.32. The van der Waals surface area contributed by atoms with E-state index in [2.05, 4.69) is 36.5 Å². The standard InChI is InChI=1S/C19H33NO/c1-2-3-4-5-6-7-11-14-19(15-16-21)20-17-18-12-9-8-10-13-18/h8-10,12-13,19-21H,2-7,11,14-17H2,1H3. The second-order valence-corrected chi connectivity index (χ2v) is 5.99. The van der Waals surface area contributed by atoms with Gasteiger partial charge in [0.05, 0.1) is 0 Å². The van der Waals surface area contributed by atoms with Crippen molar-refractivity contribution in [3.8, 4) is 0 Å². The number of hydrogen-bond acceptors (Lipinski definition) is 2. The van der Waals surface area contributed by atoms with Crippen LogP contribution >= 0.6 is 0 Å². The fraction of sp³-hybridized carbons (Fsp3) is 0.684. The number of aliphatic hydroxyl groups is 1. The van der Waals surface area contributed by atoms with Crippen LogP contribution in [-0.2, 0) is 6.54 Å². The van der Waals surface area contributed by atoms with Gasteiger partial charge in [-0.3, -0.25) is 0 Å². The van der Waals surface area contributed by atoms with Crippen LogP contribution < -0.4 is 5.32 Å². The molecule has 0 aromatic heterocycles. The van der Waals surface area contributed by atoms with Crippen molar-refractivity contribution in [3.63, 3.8) is 0 Å². The van der Waals surface area contributed by atoms with E-state index in [-0.39, 0.29) is 6.61 Å². The van der Waals surface area contributed by atoms with E-state index in [1.165, 1.54) is 56.9 Å². The lowest BCUT2D eigenvalue weighted by Gasteiger charge is -2.18. The maximum Gasteiger partial charge on any atom is 0.0445 e. The zero-order valence-electron chi connectivity index (χ0n) is 13.7. The molecule has 0 amide bonds. The molecule has 0 heterocycles. The summed E-state index contributed by atoms with van der Waals surface area (Å²) in [5, 5.41) is 12.8. The Morgan fingerprint density at radius 2 is 1.57 bits per heavy atom. The van der Waals surface area contributed by atoms with Crippen molar-refractivity contribution in [3.05, 3.63) is 35.9 Å². The first kappa shape index (κ1) is 18.2. The summed E-state index contributed by atoms with van der Waals surface area (Å²) in [6, 6.07) is 11.0. The van der Waals surface area contributed by atoms with Crippen molar-refractivity contribution in [2.24, 2.45) is 0 Å². The predicted molar refractivity (Wildman–Crippen MR) is 91.4 cm³/mol. The van der Waals surface area contributed by atoms with Crippen LogP contribution in [0.1, 0.15) is 70.3 Å². The van der Waals surface area contributed by atoms with Crippen LogP contribution in [0, 0.1) is 0 Å². The minimum atomic E-state index is 0.281. The zero-order chi connectivity index (χ0) is 15.2. The van der Waals surface area contributed by atoms with Crippen molar-refractivity contribution in [2.45, 2.75) is 77.3 Å².